The zero-order valence-corrected chi connectivity index (χ0v) is 22.4. The van der Waals surface area contributed by atoms with Gasteiger partial charge in [0.05, 0.1) is 0 Å². The molecule has 0 saturated heterocycles. The summed E-state index contributed by atoms with van der Waals surface area (Å²) in [7, 11) is 2.12. The summed E-state index contributed by atoms with van der Waals surface area (Å²) in [5.74, 6) is 1.11. The van der Waals surface area contributed by atoms with E-state index in [2.05, 4.69) is 59.5 Å². The van der Waals surface area contributed by atoms with Gasteiger partial charge in [-0.2, -0.15) is 4.98 Å². The summed E-state index contributed by atoms with van der Waals surface area (Å²) in [6.45, 7) is 9.47. The Labute approximate surface area is 218 Å². The highest BCUT2D eigenvalue weighted by molar-refractivity contribution is 5.76. The summed E-state index contributed by atoms with van der Waals surface area (Å²) >= 11 is 0. The standard InChI is InChI=1S/C28H38N4O5/c1-6-8-32(5)15-20-9-18(3)10-23(12-20)28-30-27(31-37-28)22-11-19(4)26(21(7-2)13-22)36-17-24(34)14-29-25(35)16-33/h9-13,24,33-34H,6-8,14-17H2,1-5H3,(H,29,35). The predicted octanol–water partition coefficient (Wildman–Crippen LogP) is 3.27. The lowest BCUT2D eigenvalue weighted by molar-refractivity contribution is -0.124. The molecule has 1 unspecified atom stereocenters. The smallest absolute Gasteiger partial charge is 0.258 e. The second kappa shape index (κ2) is 13.3. The van der Waals surface area contributed by atoms with Crippen molar-refractivity contribution < 1.29 is 24.3 Å². The van der Waals surface area contributed by atoms with Crippen LogP contribution < -0.4 is 10.1 Å². The molecule has 0 radical (unpaired) electrons. The minimum absolute atomic E-state index is 0.000809. The van der Waals surface area contributed by atoms with Crippen LogP contribution >= 0.6 is 0 Å². The molecule has 9 nitrogen and oxygen atoms in total. The number of hydrogen-bond donors (Lipinski definition) is 3. The van der Waals surface area contributed by atoms with Gasteiger partial charge >= 0.3 is 0 Å². The molecule has 37 heavy (non-hydrogen) atoms. The zero-order chi connectivity index (χ0) is 26.9. The third kappa shape index (κ3) is 7.85. The van der Waals surface area contributed by atoms with Gasteiger partial charge in [-0.25, -0.2) is 0 Å². The Balaban J connectivity index is 1.78. The molecule has 0 saturated carbocycles. The highest BCUT2D eigenvalue weighted by Crippen LogP contribution is 2.31. The molecule has 1 atom stereocenters. The molecule has 3 aromatic rings. The number of aromatic nitrogens is 2. The largest absolute Gasteiger partial charge is 0.490 e. The van der Waals surface area contributed by atoms with Crippen molar-refractivity contribution in [1.82, 2.24) is 20.4 Å². The Bertz CT molecular complexity index is 1190. The minimum atomic E-state index is -0.903. The molecule has 9 heteroatoms. The number of aryl methyl sites for hydroxylation is 3. The van der Waals surface area contributed by atoms with Crippen molar-refractivity contribution in [2.45, 2.75) is 53.2 Å². The van der Waals surface area contributed by atoms with Crippen LogP contribution in [0.2, 0.25) is 0 Å². The summed E-state index contributed by atoms with van der Waals surface area (Å²) in [6.07, 6.45) is 0.910. The van der Waals surface area contributed by atoms with Crippen molar-refractivity contribution in [3.8, 4) is 28.6 Å². The van der Waals surface area contributed by atoms with Crippen molar-refractivity contribution in [2.75, 3.05) is 33.4 Å². The molecule has 0 fully saturated rings. The maximum atomic E-state index is 11.2. The molecule has 1 amide bonds. The van der Waals surface area contributed by atoms with Crippen molar-refractivity contribution in [3.05, 3.63) is 52.6 Å². The van der Waals surface area contributed by atoms with E-state index in [1.54, 1.807) is 0 Å². The van der Waals surface area contributed by atoms with Gasteiger partial charge in [-0.1, -0.05) is 30.6 Å². The van der Waals surface area contributed by atoms with Crippen LogP contribution in [-0.4, -0.2) is 70.6 Å². The first-order chi connectivity index (χ1) is 17.7. The number of rotatable bonds is 13. The Kier molecular flexibility index (Phi) is 10.2. The van der Waals surface area contributed by atoms with E-state index in [1.807, 2.05) is 26.0 Å². The number of nitrogens with one attached hydrogen (secondary N) is 1. The summed E-state index contributed by atoms with van der Waals surface area (Å²) in [6, 6.07) is 10.2. The van der Waals surface area contributed by atoms with Gasteiger partial charge in [0.25, 0.3) is 5.89 Å². The van der Waals surface area contributed by atoms with E-state index in [4.69, 9.17) is 14.4 Å². The van der Waals surface area contributed by atoms with Crippen molar-refractivity contribution in [3.63, 3.8) is 0 Å². The number of aliphatic hydroxyl groups is 2. The molecule has 0 spiro atoms. The first-order valence-electron chi connectivity index (χ1n) is 12.7. The van der Waals surface area contributed by atoms with E-state index in [-0.39, 0.29) is 13.2 Å². The van der Waals surface area contributed by atoms with Crippen LogP contribution in [0.4, 0.5) is 0 Å². The molecule has 3 rings (SSSR count). The molecule has 1 heterocycles. The van der Waals surface area contributed by atoms with Gasteiger partial charge in [0, 0.05) is 24.2 Å². The average Bonchev–Trinajstić information content (AvgIpc) is 3.36. The van der Waals surface area contributed by atoms with Crippen molar-refractivity contribution >= 4 is 5.91 Å². The SMILES string of the molecule is CCCN(C)Cc1cc(C)cc(-c2nc(-c3cc(C)c(OCC(O)CNC(=O)CO)c(CC)c3)no2)c1. The van der Waals surface area contributed by atoms with Crippen LogP contribution in [0.5, 0.6) is 5.75 Å². The Morgan fingerprint density at radius 3 is 2.65 bits per heavy atom. The van der Waals surface area contributed by atoms with E-state index in [0.717, 1.165) is 47.3 Å². The number of amides is 1. The lowest BCUT2D eigenvalue weighted by Gasteiger charge is -2.17. The quantitative estimate of drug-likeness (QED) is 0.320. The summed E-state index contributed by atoms with van der Waals surface area (Å²) in [4.78, 5) is 18.2. The van der Waals surface area contributed by atoms with E-state index >= 15 is 0 Å². The summed E-state index contributed by atoms with van der Waals surface area (Å²) in [5, 5.41) is 25.6. The maximum Gasteiger partial charge on any atom is 0.258 e. The van der Waals surface area contributed by atoms with Crippen LogP contribution in [0.1, 0.15) is 42.5 Å². The molecular weight excluding hydrogens is 472 g/mol. The monoisotopic (exact) mass is 510 g/mol. The van der Waals surface area contributed by atoms with Gasteiger partial charge in [-0.05, 0) is 81.2 Å². The number of hydrogen-bond acceptors (Lipinski definition) is 8. The number of aliphatic hydroxyl groups excluding tert-OH is 2. The normalized spacial score (nSPS) is 12.1. The van der Waals surface area contributed by atoms with Gasteiger partial charge in [0.15, 0.2) is 0 Å². The fraction of sp³-hybridized carbons (Fsp3) is 0.464. The topological polar surface area (TPSA) is 121 Å². The van der Waals surface area contributed by atoms with Gasteiger partial charge in [-0.3, -0.25) is 4.79 Å². The van der Waals surface area contributed by atoms with Crippen LogP contribution in [0, 0.1) is 13.8 Å². The molecule has 0 aliphatic heterocycles. The van der Waals surface area contributed by atoms with Crippen LogP contribution in [0.3, 0.4) is 0 Å². The molecule has 200 valence electrons. The van der Waals surface area contributed by atoms with Gasteiger partial charge in [-0.15, -0.1) is 0 Å². The van der Waals surface area contributed by atoms with Crippen molar-refractivity contribution in [2.24, 2.45) is 0 Å². The molecule has 2 aromatic carbocycles. The Morgan fingerprint density at radius 2 is 1.95 bits per heavy atom. The molecular formula is C28H38N4O5. The predicted molar refractivity (Wildman–Crippen MR) is 142 cm³/mol. The number of carbonyl (C=O) groups is 1. The van der Waals surface area contributed by atoms with Gasteiger partial charge < -0.3 is 29.7 Å². The van der Waals surface area contributed by atoms with Crippen LogP contribution in [-0.2, 0) is 17.8 Å². The highest BCUT2D eigenvalue weighted by atomic mass is 16.5. The maximum absolute atomic E-state index is 11.2. The second-order valence-corrected chi connectivity index (χ2v) is 9.43. The number of carbonyl (C=O) groups excluding carboxylic acids is 1. The number of benzene rings is 2. The minimum Gasteiger partial charge on any atom is -0.490 e. The first kappa shape index (κ1) is 28.3. The van der Waals surface area contributed by atoms with Gasteiger partial charge in [0.1, 0.15) is 25.1 Å². The van der Waals surface area contributed by atoms with Crippen LogP contribution in [0.25, 0.3) is 22.8 Å². The van der Waals surface area contributed by atoms with Gasteiger partial charge in [0.2, 0.25) is 11.7 Å². The van der Waals surface area contributed by atoms with Crippen molar-refractivity contribution in [1.29, 1.82) is 0 Å². The second-order valence-electron chi connectivity index (χ2n) is 9.43. The molecule has 0 aliphatic rings. The van der Waals surface area contributed by atoms with E-state index in [9.17, 15) is 9.90 Å². The summed E-state index contributed by atoms with van der Waals surface area (Å²) in [5.41, 5.74) is 5.89. The molecule has 0 bridgehead atoms. The van der Waals surface area contributed by atoms with E-state index < -0.39 is 18.6 Å². The molecule has 1 aromatic heterocycles. The fourth-order valence-electron chi connectivity index (χ4n) is 4.28. The van der Waals surface area contributed by atoms with E-state index in [1.165, 1.54) is 5.56 Å². The average molecular weight is 511 g/mol. The first-order valence-corrected chi connectivity index (χ1v) is 12.7. The summed E-state index contributed by atoms with van der Waals surface area (Å²) < 4.78 is 11.5. The number of ether oxygens (including phenoxy) is 1. The Morgan fingerprint density at radius 1 is 1.16 bits per heavy atom. The highest BCUT2D eigenvalue weighted by Gasteiger charge is 2.17. The lowest BCUT2D eigenvalue weighted by atomic mass is 10.0. The molecule has 3 N–H and O–H groups in total. The zero-order valence-electron chi connectivity index (χ0n) is 22.4. The molecule has 0 aliphatic carbocycles. The van der Waals surface area contributed by atoms with E-state index in [0.29, 0.717) is 23.9 Å². The van der Waals surface area contributed by atoms with Crippen LogP contribution in [0.15, 0.2) is 34.9 Å². The lowest BCUT2D eigenvalue weighted by Crippen LogP contribution is -2.36. The number of nitrogens with zero attached hydrogens (tertiary/aromatic N) is 3. The third-order valence-electron chi connectivity index (χ3n) is 5.96. The third-order valence-corrected chi connectivity index (χ3v) is 5.96. The fourth-order valence-corrected chi connectivity index (χ4v) is 4.28. The Hall–Kier alpha value is -3.27.